The molecule has 0 spiro atoms. The summed E-state index contributed by atoms with van der Waals surface area (Å²) in [6.45, 7) is 10.1. The first-order valence-electron chi connectivity index (χ1n) is 8.11. The van der Waals surface area contributed by atoms with E-state index < -0.39 is 11.7 Å². The molecule has 2 nitrogen and oxygen atoms in total. The number of benzene rings is 1. The van der Waals surface area contributed by atoms with Gasteiger partial charge >= 0.3 is 6.18 Å². The van der Waals surface area contributed by atoms with Crippen molar-refractivity contribution in [2.45, 2.75) is 39.8 Å². The van der Waals surface area contributed by atoms with Crippen molar-refractivity contribution in [1.29, 1.82) is 0 Å². The highest BCUT2D eigenvalue weighted by Gasteiger charge is 2.34. The van der Waals surface area contributed by atoms with Gasteiger partial charge in [0.25, 0.3) is 0 Å². The molecule has 2 rings (SSSR count). The average Bonchev–Trinajstić information content (AvgIpc) is 3.04. The van der Waals surface area contributed by atoms with Crippen molar-refractivity contribution in [3.63, 3.8) is 0 Å². The van der Waals surface area contributed by atoms with Crippen molar-refractivity contribution in [2.24, 2.45) is 0 Å². The van der Waals surface area contributed by atoms with Gasteiger partial charge in [-0.05, 0) is 32.4 Å². The van der Waals surface area contributed by atoms with Gasteiger partial charge in [-0.15, -0.1) is 0 Å². The summed E-state index contributed by atoms with van der Waals surface area (Å²) in [6.07, 6.45) is -1.00. The van der Waals surface area contributed by atoms with Crippen molar-refractivity contribution in [1.82, 2.24) is 5.32 Å². The third-order valence-electron chi connectivity index (χ3n) is 4.05. The predicted octanol–water partition coefficient (Wildman–Crippen LogP) is 6.62. The second kappa shape index (κ2) is 7.64. The highest BCUT2D eigenvalue weighted by atomic mass is 19.4. The summed E-state index contributed by atoms with van der Waals surface area (Å²) in [4.78, 5) is 0. The van der Waals surface area contributed by atoms with Crippen LogP contribution in [0, 0.1) is 0 Å². The smallest absolute Gasteiger partial charge is 0.417 e. The Morgan fingerprint density at radius 3 is 2.52 bits per heavy atom. The van der Waals surface area contributed by atoms with Crippen LogP contribution in [0.3, 0.4) is 0 Å². The van der Waals surface area contributed by atoms with Gasteiger partial charge < -0.3 is 9.73 Å². The molecule has 1 heterocycles. The molecular formula is C20H22F3NO. The van der Waals surface area contributed by atoms with Crippen LogP contribution >= 0.6 is 0 Å². The van der Waals surface area contributed by atoms with Crippen LogP contribution < -0.4 is 5.32 Å². The van der Waals surface area contributed by atoms with Gasteiger partial charge in [0.1, 0.15) is 12.0 Å². The van der Waals surface area contributed by atoms with E-state index in [1.54, 1.807) is 12.1 Å². The van der Waals surface area contributed by atoms with Crippen LogP contribution in [0.25, 0.3) is 17.0 Å². The maximum Gasteiger partial charge on any atom is 0.417 e. The number of nitrogens with one attached hydrogen (secondary N) is 1. The molecule has 0 amide bonds. The number of halogens is 3. The van der Waals surface area contributed by atoms with Crippen LogP contribution in [0.2, 0.25) is 0 Å². The second-order valence-electron chi connectivity index (χ2n) is 6.00. The Hall–Kier alpha value is -2.43. The number of allylic oxidation sites excluding steroid dienone is 2. The van der Waals surface area contributed by atoms with E-state index in [2.05, 4.69) is 18.8 Å². The van der Waals surface area contributed by atoms with Gasteiger partial charge in [0.15, 0.2) is 0 Å². The van der Waals surface area contributed by atoms with Crippen LogP contribution in [0.5, 0.6) is 0 Å². The Morgan fingerprint density at radius 1 is 1.20 bits per heavy atom. The first-order valence-corrected chi connectivity index (χ1v) is 8.11. The van der Waals surface area contributed by atoms with Gasteiger partial charge in [-0.1, -0.05) is 43.7 Å². The molecule has 0 radical (unpaired) electrons. The van der Waals surface area contributed by atoms with Crippen molar-refractivity contribution < 1.29 is 17.6 Å². The topological polar surface area (TPSA) is 25.2 Å². The predicted molar refractivity (Wildman–Crippen MR) is 94.6 cm³/mol. The molecule has 0 aliphatic heterocycles. The summed E-state index contributed by atoms with van der Waals surface area (Å²) in [5.74, 6) is 0.165. The first-order chi connectivity index (χ1) is 11.7. The summed E-state index contributed by atoms with van der Waals surface area (Å²) < 4.78 is 44.8. The van der Waals surface area contributed by atoms with Crippen molar-refractivity contribution >= 4 is 5.70 Å². The van der Waals surface area contributed by atoms with E-state index in [9.17, 15) is 13.2 Å². The van der Waals surface area contributed by atoms with Crippen LogP contribution in [0.15, 0.2) is 58.9 Å². The van der Waals surface area contributed by atoms with E-state index in [0.717, 1.165) is 24.6 Å². The molecular weight excluding hydrogens is 327 g/mol. The maximum absolute atomic E-state index is 13.2. The van der Waals surface area contributed by atoms with Gasteiger partial charge in [0, 0.05) is 22.5 Å². The van der Waals surface area contributed by atoms with Crippen LogP contribution in [-0.4, -0.2) is 0 Å². The molecule has 1 N–H and O–H groups in total. The molecule has 25 heavy (non-hydrogen) atoms. The Balaban J connectivity index is 2.27. The van der Waals surface area contributed by atoms with Crippen molar-refractivity contribution in [3.8, 4) is 11.3 Å². The number of furan rings is 1. The fourth-order valence-electron chi connectivity index (χ4n) is 2.55. The van der Waals surface area contributed by atoms with Gasteiger partial charge in [-0.2, -0.15) is 13.2 Å². The highest BCUT2D eigenvalue weighted by molar-refractivity contribution is 5.70. The van der Waals surface area contributed by atoms with Crippen LogP contribution in [0.1, 0.15) is 44.7 Å². The highest BCUT2D eigenvalue weighted by Crippen LogP contribution is 2.37. The minimum atomic E-state index is -4.44. The number of alkyl halides is 3. The lowest BCUT2D eigenvalue weighted by Crippen LogP contribution is -2.10. The standard InChI is InChI=1S/C20H22F3NO/c1-5-8-13(2)14(3)24-15(4)16-11-19(25-12-16)17-9-6-7-10-18(17)20(21,22)23/h6-7,9-12,24H,4-5,8H2,1-3H3/b14-13+. The van der Waals surface area contributed by atoms with E-state index in [1.165, 1.54) is 24.0 Å². The Morgan fingerprint density at radius 2 is 1.88 bits per heavy atom. The second-order valence-corrected chi connectivity index (χ2v) is 6.00. The molecule has 0 atom stereocenters. The molecule has 1 aromatic heterocycles. The summed E-state index contributed by atoms with van der Waals surface area (Å²) >= 11 is 0. The third kappa shape index (κ3) is 4.56. The Bertz CT molecular complexity index is 784. The van der Waals surface area contributed by atoms with Crippen LogP contribution in [0.4, 0.5) is 13.2 Å². The minimum Gasteiger partial charge on any atom is -0.464 e. The largest absolute Gasteiger partial charge is 0.464 e. The summed E-state index contributed by atoms with van der Waals surface area (Å²) in [5.41, 5.74) is 2.72. The number of rotatable bonds is 6. The van der Waals surface area contributed by atoms with Gasteiger partial charge in [0.2, 0.25) is 0 Å². The van der Waals surface area contributed by atoms with E-state index in [1.807, 2.05) is 13.8 Å². The fourth-order valence-corrected chi connectivity index (χ4v) is 2.55. The van der Waals surface area contributed by atoms with E-state index in [-0.39, 0.29) is 11.3 Å². The molecule has 0 bridgehead atoms. The molecule has 2 aromatic rings. The zero-order chi connectivity index (χ0) is 18.6. The van der Waals surface area contributed by atoms with E-state index in [0.29, 0.717) is 11.3 Å². The maximum atomic E-state index is 13.2. The summed E-state index contributed by atoms with van der Waals surface area (Å²) in [7, 11) is 0. The Labute approximate surface area is 146 Å². The molecule has 1 aromatic carbocycles. The third-order valence-corrected chi connectivity index (χ3v) is 4.05. The van der Waals surface area contributed by atoms with E-state index >= 15 is 0 Å². The zero-order valence-electron chi connectivity index (χ0n) is 14.6. The summed E-state index contributed by atoms with van der Waals surface area (Å²) in [6, 6.07) is 6.94. The van der Waals surface area contributed by atoms with E-state index in [4.69, 9.17) is 4.42 Å². The number of hydrogen-bond acceptors (Lipinski definition) is 2. The van der Waals surface area contributed by atoms with Crippen molar-refractivity contribution in [2.75, 3.05) is 0 Å². The van der Waals surface area contributed by atoms with Crippen molar-refractivity contribution in [3.05, 3.63) is 65.6 Å². The molecule has 0 aliphatic rings. The molecule has 0 fully saturated rings. The normalized spacial score (nSPS) is 12.7. The molecule has 0 saturated heterocycles. The van der Waals surface area contributed by atoms with Gasteiger partial charge in [0.05, 0.1) is 5.56 Å². The SMILES string of the molecule is C=C(N/C(C)=C(\C)CCC)c1coc(-c2ccccc2C(F)(F)F)c1. The molecule has 134 valence electrons. The van der Waals surface area contributed by atoms with Crippen LogP contribution in [-0.2, 0) is 6.18 Å². The quantitative estimate of drug-likeness (QED) is 0.634. The summed E-state index contributed by atoms with van der Waals surface area (Å²) in [5, 5.41) is 3.19. The molecule has 0 saturated carbocycles. The zero-order valence-corrected chi connectivity index (χ0v) is 14.6. The molecule has 0 aliphatic carbocycles. The Kier molecular flexibility index (Phi) is 5.77. The fraction of sp³-hybridized carbons (Fsp3) is 0.300. The molecule has 0 unspecified atom stereocenters. The number of hydrogen-bond donors (Lipinski definition) is 1. The molecule has 5 heteroatoms. The monoisotopic (exact) mass is 349 g/mol. The van der Waals surface area contributed by atoms with Gasteiger partial charge in [-0.25, -0.2) is 0 Å². The lowest BCUT2D eigenvalue weighted by molar-refractivity contribution is -0.137. The van der Waals surface area contributed by atoms with Gasteiger partial charge in [-0.3, -0.25) is 0 Å². The average molecular weight is 349 g/mol. The minimum absolute atomic E-state index is 0.0171. The lowest BCUT2D eigenvalue weighted by Gasteiger charge is -2.12. The lowest BCUT2D eigenvalue weighted by atomic mass is 10.0. The first kappa shape index (κ1) is 18.9.